The molecule has 4 aliphatic rings. The topological polar surface area (TPSA) is 112 Å². The van der Waals surface area contributed by atoms with E-state index in [1.165, 1.54) is 11.8 Å². The van der Waals surface area contributed by atoms with Crippen molar-refractivity contribution in [3.63, 3.8) is 0 Å². The van der Waals surface area contributed by atoms with Gasteiger partial charge < -0.3 is 29.0 Å². The molecule has 0 radical (unpaired) electrons. The fourth-order valence-electron chi connectivity index (χ4n) is 5.78. The first-order chi connectivity index (χ1) is 15.3. The maximum atomic E-state index is 13.1. The molecular formula is C23H33NO8. The Labute approximate surface area is 188 Å². The fourth-order valence-corrected chi connectivity index (χ4v) is 5.78. The second-order valence-corrected chi connectivity index (χ2v) is 9.25. The van der Waals surface area contributed by atoms with Gasteiger partial charge in [-0.2, -0.15) is 0 Å². The molecule has 1 amide bonds. The molecule has 6 atom stereocenters. The predicted octanol–water partition coefficient (Wildman–Crippen LogP) is 2.65. The summed E-state index contributed by atoms with van der Waals surface area (Å²) in [5, 5.41) is 10.1. The number of aliphatic hydroxyl groups excluding tert-OH is 1. The number of hydrogen-bond donors (Lipinski definition) is 1. The van der Waals surface area contributed by atoms with Gasteiger partial charge in [0.2, 0.25) is 12.2 Å². The zero-order chi connectivity index (χ0) is 23.0. The number of aliphatic hydroxyl groups is 1. The van der Waals surface area contributed by atoms with Crippen molar-refractivity contribution >= 4 is 18.0 Å². The number of hydrogen-bond acceptors (Lipinski definition) is 8. The third-order valence-electron chi connectivity index (χ3n) is 7.19. The number of fused-ring (bicyclic) bond motifs is 3. The molecule has 3 unspecified atom stereocenters. The number of esters is 1. The molecule has 1 N–H and O–H groups in total. The first-order valence-corrected chi connectivity index (χ1v) is 11.7. The molecule has 32 heavy (non-hydrogen) atoms. The van der Waals surface area contributed by atoms with E-state index in [9.17, 15) is 19.5 Å². The van der Waals surface area contributed by atoms with Gasteiger partial charge in [-0.15, -0.1) is 0 Å². The third-order valence-corrected chi connectivity index (χ3v) is 7.19. The highest BCUT2D eigenvalue weighted by molar-refractivity contribution is 6.01. The van der Waals surface area contributed by atoms with Crippen LogP contribution in [0.3, 0.4) is 0 Å². The van der Waals surface area contributed by atoms with Crippen LogP contribution in [-0.4, -0.2) is 65.8 Å². The summed E-state index contributed by atoms with van der Waals surface area (Å²) >= 11 is 0. The summed E-state index contributed by atoms with van der Waals surface area (Å²) < 4.78 is 21.5. The van der Waals surface area contributed by atoms with Gasteiger partial charge in [0.15, 0.2) is 0 Å². The molecule has 178 valence electrons. The maximum Gasteiger partial charge on any atom is 0.511 e. The summed E-state index contributed by atoms with van der Waals surface area (Å²) in [4.78, 5) is 39.5. The Morgan fingerprint density at radius 2 is 1.75 bits per heavy atom. The van der Waals surface area contributed by atoms with Crippen LogP contribution >= 0.6 is 0 Å². The number of β-lactam (4-membered cyclic amide) rings is 1. The molecule has 2 saturated carbocycles. The average Bonchev–Trinajstić information content (AvgIpc) is 3.04. The molecule has 0 aromatic rings. The summed E-state index contributed by atoms with van der Waals surface area (Å²) in [5.74, 6) is -1.62. The number of carbonyl (C=O) groups is 3. The van der Waals surface area contributed by atoms with Crippen LogP contribution in [0.5, 0.6) is 0 Å². The van der Waals surface area contributed by atoms with Gasteiger partial charge in [-0.25, -0.2) is 9.59 Å². The minimum atomic E-state index is -1.17. The van der Waals surface area contributed by atoms with Crippen LogP contribution in [0, 0.1) is 11.8 Å². The largest absolute Gasteiger partial charge is 0.511 e. The average molecular weight is 452 g/mol. The minimum Gasteiger partial charge on any atom is -0.431 e. The molecule has 3 fully saturated rings. The lowest BCUT2D eigenvalue weighted by Crippen LogP contribution is -2.64. The first-order valence-electron chi connectivity index (χ1n) is 11.7. The number of nitrogens with zero attached hydrogens (tertiary/aromatic N) is 1. The van der Waals surface area contributed by atoms with E-state index in [0.717, 1.165) is 56.9 Å². The van der Waals surface area contributed by atoms with Crippen LogP contribution < -0.4 is 0 Å². The molecule has 9 nitrogen and oxygen atoms in total. The second-order valence-electron chi connectivity index (χ2n) is 9.25. The van der Waals surface area contributed by atoms with Crippen LogP contribution in [0.1, 0.15) is 65.2 Å². The van der Waals surface area contributed by atoms with Crippen LogP contribution in [0.2, 0.25) is 0 Å². The highest BCUT2D eigenvalue weighted by Crippen LogP contribution is 2.52. The van der Waals surface area contributed by atoms with Gasteiger partial charge in [-0.05, 0) is 57.4 Å². The molecule has 2 heterocycles. The zero-order valence-electron chi connectivity index (χ0n) is 19.0. The van der Waals surface area contributed by atoms with Crippen LogP contribution in [-0.2, 0) is 28.5 Å². The summed E-state index contributed by atoms with van der Waals surface area (Å²) in [6.45, 7) is 3.04. The standard InChI is InChI=1S/C23H33NO8/c1-12(25)17-19-15-10-7-11-16(29-3)18(15)20(24(19)21(17)26)22(27)30-13(2)31-23(28)32-14-8-5-4-6-9-14/h12-17,19,25H,4-11H2,1-3H3/t12-,13?,15+,16?,17?,19-/m1/s1. The van der Waals surface area contributed by atoms with E-state index in [1.807, 2.05) is 0 Å². The molecule has 0 aromatic carbocycles. The zero-order valence-corrected chi connectivity index (χ0v) is 19.0. The Morgan fingerprint density at radius 3 is 2.41 bits per heavy atom. The van der Waals surface area contributed by atoms with Crippen molar-refractivity contribution in [2.45, 2.75) is 95.9 Å². The number of ether oxygens (including phenoxy) is 4. The van der Waals surface area contributed by atoms with Gasteiger partial charge >= 0.3 is 12.1 Å². The second kappa shape index (κ2) is 9.39. The number of rotatable bonds is 6. The van der Waals surface area contributed by atoms with E-state index in [1.54, 1.807) is 14.0 Å². The van der Waals surface area contributed by atoms with Crippen molar-refractivity contribution in [1.29, 1.82) is 0 Å². The molecule has 1 saturated heterocycles. The normalized spacial score (nSPS) is 31.9. The van der Waals surface area contributed by atoms with E-state index in [0.29, 0.717) is 0 Å². The highest BCUT2D eigenvalue weighted by atomic mass is 16.8. The molecule has 2 aliphatic carbocycles. The van der Waals surface area contributed by atoms with E-state index >= 15 is 0 Å². The first kappa shape index (κ1) is 23.0. The smallest absolute Gasteiger partial charge is 0.431 e. The van der Waals surface area contributed by atoms with Gasteiger partial charge in [0.05, 0.1) is 24.2 Å². The maximum absolute atomic E-state index is 13.1. The number of methoxy groups -OCH3 is 1. The lowest BCUT2D eigenvalue weighted by Gasteiger charge is -2.47. The van der Waals surface area contributed by atoms with Crippen molar-refractivity contribution in [3.8, 4) is 0 Å². The van der Waals surface area contributed by atoms with Gasteiger partial charge in [0, 0.05) is 20.0 Å². The molecule has 9 heteroatoms. The van der Waals surface area contributed by atoms with Gasteiger partial charge in [-0.1, -0.05) is 6.42 Å². The Hall–Kier alpha value is -2.13. The molecular weight excluding hydrogens is 418 g/mol. The van der Waals surface area contributed by atoms with Crippen LogP contribution in [0.4, 0.5) is 4.79 Å². The molecule has 4 rings (SSSR count). The van der Waals surface area contributed by atoms with E-state index < -0.39 is 30.4 Å². The van der Waals surface area contributed by atoms with Crippen molar-refractivity contribution in [2.75, 3.05) is 7.11 Å². The van der Waals surface area contributed by atoms with Gasteiger partial charge in [0.25, 0.3) is 0 Å². The molecule has 2 aliphatic heterocycles. The van der Waals surface area contributed by atoms with Crippen molar-refractivity contribution in [1.82, 2.24) is 4.90 Å². The van der Waals surface area contributed by atoms with Crippen LogP contribution in [0.15, 0.2) is 11.3 Å². The van der Waals surface area contributed by atoms with E-state index in [4.69, 9.17) is 18.9 Å². The van der Waals surface area contributed by atoms with Crippen LogP contribution in [0.25, 0.3) is 0 Å². The molecule has 0 aromatic heterocycles. The fraction of sp³-hybridized carbons (Fsp3) is 0.783. The molecule has 0 spiro atoms. The highest BCUT2D eigenvalue weighted by Gasteiger charge is 2.62. The van der Waals surface area contributed by atoms with Gasteiger partial charge in [0.1, 0.15) is 11.8 Å². The van der Waals surface area contributed by atoms with E-state index in [2.05, 4.69) is 0 Å². The Balaban J connectivity index is 1.46. The lowest BCUT2D eigenvalue weighted by atomic mass is 9.72. The molecule has 0 bridgehead atoms. The Kier molecular flexibility index (Phi) is 6.76. The summed E-state index contributed by atoms with van der Waals surface area (Å²) in [6, 6.07) is -0.273. The van der Waals surface area contributed by atoms with Crippen molar-refractivity contribution in [3.05, 3.63) is 11.3 Å². The lowest BCUT2D eigenvalue weighted by molar-refractivity contribution is -0.174. The number of amides is 1. The SMILES string of the molecule is COC1CCC[C@H]2C1=C(C(=O)OC(C)OC(=O)OC1CCCCC1)N1C(=O)C([C@@H](C)O)[C@@H]21. The Bertz CT molecular complexity index is 787. The van der Waals surface area contributed by atoms with Crippen molar-refractivity contribution < 1.29 is 38.4 Å². The minimum absolute atomic E-state index is 0.0546. The predicted molar refractivity (Wildman–Crippen MR) is 111 cm³/mol. The van der Waals surface area contributed by atoms with E-state index in [-0.39, 0.29) is 35.8 Å². The van der Waals surface area contributed by atoms with Gasteiger partial charge in [-0.3, -0.25) is 4.79 Å². The summed E-state index contributed by atoms with van der Waals surface area (Å²) in [6.07, 6.45) is 3.94. The summed E-state index contributed by atoms with van der Waals surface area (Å²) in [5.41, 5.74) is 0.923. The Morgan fingerprint density at radius 1 is 1.03 bits per heavy atom. The number of carbonyl (C=O) groups excluding carboxylic acids is 3. The van der Waals surface area contributed by atoms with Crippen molar-refractivity contribution in [2.24, 2.45) is 11.8 Å². The summed E-state index contributed by atoms with van der Waals surface area (Å²) in [7, 11) is 1.58. The monoisotopic (exact) mass is 451 g/mol. The quantitative estimate of drug-likeness (QED) is 0.373. The third kappa shape index (κ3) is 4.12.